The van der Waals surface area contributed by atoms with Crippen molar-refractivity contribution in [2.24, 2.45) is 5.92 Å². The summed E-state index contributed by atoms with van der Waals surface area (Å²) in [5.41, 5.74) is -0.453. The van der Waals surface area contributed by atoms with Gasteiger partial charge in [-0.05, 0) is 39.5 Å². The van der Waals surface area contributed by atoms with Gasteiger partial charge in [0.2, 0.25) is 5.88 Å². The maximum atomic E-state index is 12.1. The first kappa shape index (κ1) is 15.1. The van der Waals surface area contributed by atoms with Crippen molar-refractivity contribution in [1.29, 1.82) is 0 Å². The average Bonchev–Trinajstić information content (AvgIpc) is 2.73. The molecule has 0 aromatic carbocycles. The third-order valence-corrected chi connectivity index (χ3v) is 4.03. The fraction of sp³-hybridized carbons (Fsp3) is 0.714. The molecule has 1 saturated heterocycles. The number of nitrogens with zero attached hydrogens (tertiary/aromatic N) is 2. The minimum Gasteiger partial charge on any atom is -0.493 e. The minimum atomic E-state index is -0.453. The van der Waals surface area contributed by atoms with Gasteiger partial charge in [-0.3, -0.25) is 0 Å². The topological polar surface area (TPSA) is 62.7 Å². The Morgan fingerprint density at radius 1 is 1.60 bits per heavy atom. The second-order valence-corrected chi connectivity index (χ2v) is 7.18. The van der Waals surface area contributed by atoms with E-state index in [1.165, 1.54) is 11.3 Å². The van der Waals surface area contributed by atoms with Crippen LogP contribution in [-0.4, -0.2) is 39.8 Å². The van der Waals surface area contributed by atoms with Crippen LogP contribution in [-0.2, 0) is 11.2 Å². The Kier molecular flexibility index (Phi) is 4.52. The Hall–Kier alpha value is -1.30. The SMILES string of the molecule is CC(C)(C)OC(=O)N1CCCC(Cc2nc(O)cs2)C1. The van der Waals surface area contributed by atoms with Crippen LogP contribution >= 0.6 is 11.3 Å². The number of aromatic hydroxyl groups is 1. The summed E-state index contributed by atoms with van der Waals surface area (Å²) < 4.78 is 5.41. The van der Waals surface area contributed by atoms with Gasteiger partial charge in [-0.25, -0.2) is 9.78 Å². The van der Waals surface area contributed by atoms with E-state index in [0.29, 0.717) is 12.5 Å². The van der Waals surface area contributed by atoms with E-state index in [2.05, 4.69) is 4.98 Å². The molecule has 1 aliphatic heterocycles. The molecule has 0 bridgehead atoms. The van der Waals surface area contributed by atoms with E-state index in [9.17, 15) is 9.90 Å². The third-order valence-electron chi connectivity index (χ3n) is 3.17. The molecule has 1 aromatic rings. The number of carbonyl (C=O) groups excluding carboxylic acids is 1. The maximum absolute atomic E-state index is 12.1. The Morgan fingerprint density at radius 3 is 2.95 bits per heavy atom. The lowest BCUT2D eigenvalue weighted by Gasteiger charge is -2.33. The zero-order valence-corrected chi connectivity index (χ0v) is 13.1. The van der Waals surface area contributed by atoms with Gasteiger partial charge in [-0.15, -0.1) is 11.3 Å². The lowest BCUT2D eigenvalue weighted by atomic mass is 9.95. The van der Waals surface area contributed by atoms with E-state index < -0.39 is 5.60 Å². The highest BCUT2D eigenvalue weighted by molar-refractivity contribution is 7.09. The second kappa shape index (κ2) is 5.99. The van der Waals surface area contributed by atoms with Gasteiger partial charge in [0, 0.05) is 19.5 Å². The van der Waals surface area contributed by atoms with Crippen molar-refractivity contribution in [1.82, 2.24) is 9.88 Å². The molecule has 1 N–H and O–H groups in total. The van der Waals surface area contributed by atoms with Crippen molar-refractivity contribution >= 4 is 17.4 Å². The quantitative estimate of drug-likeness (QED) is 0.911. The molecule has 2 heterocycles. The summed E-state index contributed by atoms with van der Waals surface area (Å²) in [7, 11) is 0. The lowest BCUT2D eigenvalue weighted by Crippen LogP contribution is -2.43. The summed E-state index contributed by atoms with van der Waals surface area (Å²) >= 11 is 1.47. The molecule has 0 saturated carbocycles. The molecule has 6 heteroatoms. The van der Waals surface area contributed by atoms with Gasteiger partial charge in [-0.2, -0.15) is 0 Å². The van der Waals surface area contributed by atoms with Crippen molar-refractivity contribution in [3.63, 3.8) is 0 Å². The monoisotopic (exact) mass is 298 g/mol. The summed E-state index contributed by atoms with van der Waals surface area (Å²) in [5.74, 6) is 0.478. The molecule has 1 unspecified atom stereocenters. The predicted molar refractivity (Wildman–Crippen MR) is 78.0 cm³/mol. The largest absolute Gasteiger partial charge is 0.493 e. The third kappa shape index (κ3) is 4.37. The molecule has 20 heavy (non-hydrogen) atoms. The molecule has 1 atom stereocenters. The molecule has 0 radical (unpaired) electrons. The number of carbonyl (C=O) groups is 1. The number of rotatable bonds is 2. The number of aromatic nitrogens is 1. The van der Waals surface area contributed by atoms with Crippen LogP contribution in [0.4, 0.5) is 4.79 Å². The van der Waals surface area contributed by atoms with E-state index in [-0.39, 0.29) is 12.0 Å². The van der Waals surface area contributed by atoms with Crippen molar-refractivity contribution in [3.8, 4) is 5.88 Å². The molecule has 1 amide bonds. The number of amides is 1. The van der Waals surface area contributed by atoms with E-state index in [1.54, 1.807) is 10.3 Å². The zero-order valence-electron chi connectivity index (χ0n) is 12.3. The standard InChI is InChI=1S/C14H22N2O3S/c1-14(2,3)19-13(18)16-6-4-5-10(8-16)7-12-15-11(17)9-20-12/h9-10,17H,4-8H2,1-3H3. The summed E-state index contributed by atoms with van der Waals surface area (Å²) in [5, 5.41) is 11.8. The fourth-order valence-electron chi connectivity index (χ4n) is 2.37. The van der Waals surface area contributed by atoms with Gasteiger partial charge >= 0.3 is 6.09 Å². The average molecular weight is 298 g/mol. The van der Waals surface area contributed by atoms with Gasteiger partial charge in [0.05, 0.1) is 10.4 Å². The highest BCUT2D eigenvalue weighted by atomic mass is 32.1. The van der Waals surface area contributed by atoms with Gasteiger partial charge in [0.15, 0.2) is 0 Å². The Balaban J connectivity index is 1.90. The lowest BCUT2D eigenvalue weighted by molar-refractivity contribution is 0.0166. The van der Waals surface area contributed by atoms with Crippen molar-refractivity contribution in [3.05, 3.63) is 10.4 Å². The zero-order chi connectivity index (χ0) is 14.8. The van der Waals surface area contributed by atoms with E-state index in [0.717, 1.165) is 30.8 Å². The van der Waals surface area contributed by atoms with Crippen LogP contribution < -0.4 is 0 Å². The van der Waals surface area contributed by atoms with Crippen LogP contribution in [0.1, 0.15) is 38.6 Å². The Morgan fingerprint density at radius 2 is 2.35 bits per heavy atom. The minimum absolute atomic E-state index is 0.0878. The molecular weight excluding hydrogens is 276 g/mol. The first-order valence-corrected chi connectivity index (χ1v) is 7.83. The van der Waals surface area contributed by atoms with Crippen molar-refractivity contribution < 1.29 is 14.6 Å². The highest BCUT2D eigenvalue weighted by Crippen LogP contribution is 2.25. The van der Waals surface area contributed by atoms with Crippen molar-refractivity contribution in [2.75, 3.05) is 13.1 Å². The Bertz CT molecular complexity index is 467. The van der Waals surface area contributed by atoms with Crippen LogP contribution in [0.15, 0.2) is 5.38 Å². The van der Waals surface area contributed by atoms with Crippen LogP contribution in [0, 0.1) is 5.92 Å². The van der Waals surface area contributed by atoms with Crippen LogP contribution in [0.3, 0.4) is 0 Å². The van der Waals surface area contributed by atoms with E-state index >= 15 is 0 Å². The van der Waals surface area contributed by atoms with Crippen LogP contribution in [0.25, 0.3) is 0 Å². The molecule has 1 fully saturated rings. The van der Waals surface area contributed by atoms with Gasteiger partial charge < -0.3 is 14.7 Å². The summed E-state index contributed by atoms with van der Waals surface area (Å²) in [6, 6.07) is 0. The van der Waals surface area contributed by atoms with Crippen molar-refractivity contribution in [2.45, 2.75) is 45.6 Å². The summed E-state index contributed by atoms with van der Waals surface area (Å²) in [6.45, 7) is 7.10. The molecule has 112 valence electrons. The first-order valence-electron chi connectivity index (χ1n) is 6.95. The van der Waals surface area contributed by atoms with Gasteiger partial charge in [-0.1, -0.05) is 0 Å². The Labute approximate surface area is 123 Å². The highest BCUT2D eigenvalue weighted by Gasteiger charge is 2.28. The second-order valence-electron chi connectivity index (χ2n) is 6.24. The predicted octanol–water partition coefficient (Wildman–Crippen LogP) is 3.04. The fourth-order valence-corrected chi connectivity index (χ4v) is 3.14. The first-order chi connectivity index (χ1) is 9.33. The maximum Gasteiger partial charge on any atom is 0.410 e. The summed E-state index contributed by atoms with van der Waals surface area (Å²) in [4.78, 5) is 17.9. The van der Waals surface area contributed by atoms with Crippen LogP contribution in [0.2, 0.25) is 0 Å². The normalized spacial score (nSPS) is 19.9. The van der Waals surface area contributed by atoms with Gasteiger partial charge in [0.1, 0.15) is 5.60 Å². The molecular formula is C14H22N2O3S. The molecule has 2 rings (SSSR count). The summed E-state index contributed by atoms with van der Waals surface area (Å²) in [6.07, 6.45) is 2.65. The van der Waals surface area contributed by atoms with Crippen LogP contribution in [0.5, 0.6) is 5.88 Å². The number of likely N-dealkylation sites (tertiary alicyclic amines) is 1. The number of piperidine rings is 1. The molecule has 1 aliphatic rings. The van der Waals surface area contributed by atoms with Gasteiger partial charge in [0.25, 0.3) is 0 Å². The molecule has 0 spiro atoms. The molecule has 5 nitrogen and oxygen atoms in total. The molecule has 1 aromatic heterocycles. The number of thiazole rings is 1. The number of ether oxygens (including phenoxy) is 1. The van der Waals surface area contributed by atoms with E-state index in [4.69, 9.17) is 4.74 Å². The number of hydrogen-bond acceptors (Lipinski definition) is 5. The van der Waals surface area contributed by atoms with E-state index in [1.807, 2.05) is 20.8 Å². The number of hydrogen-bond donors (Lipinski definition) is 1. The molecule has 0 aliphatic carbocycles. The smallest absolute Gasteiger partial charge is 0.410 e.